The van der Waals surface area contributed by atoms with Crippen LogP contribution >= 0.6 is 0 Å². The molecule has 0 spiro atoms. The van der Waals surface area contributed by atoms with E-state index in [-0.39, 0.29) is 0 Å². The van der Waals surface area contributed by atoms with E-state index in [4.69, 9.17) is 5.73 Å². The monoisotopic (exact) mass is 150 g/mol. The fraction of sp³-hybridized carbons (Fsp3) is 0.333. The van der Waals surface area contributed by atoms with E-state index in [1.807, 2.05) is 33.0 Å². The van der Waals surface area contributed by atoms with E-state index in [0.717, 1.165) is 22.5 Å². The van der Waals surface area contributed by atoms with Gasteiger partial charge in [-0.25, -0.2) is 0 Å². The second kappa shape index (κ2) is 2.82. The van der Waals surface area contributed by atoms with Crippen LogP contribution in [0.4, 0.5) is 11.4 Å². The molecule has 1 aromatic rings. The third-order valence-corrected chi connectivity index (χ3v) is 1.88. The Hall–Kier alpha value is -1.18. The quantitative estimate of drug-likeness (QED) is 0.600. The predicted octanol–water partition coefficient (Wildman–Crippen LogP) is 1.93. The van der Waals surface area contributed by atoms with Crippen molar-refractivity contribution < 1.29 is 0 Å². The Bertz CT molecular complexity index is 243. The molecule has 0 fully saturated rings. The number of hydrogen-bond donors (Lipinski definition) is 2. The molecule has 2 nitrogen and oxygen atoms in total. The molecule has 11 heavy (non-hydrogen) atoms. The number of anilines is 2. The van der Waals surface area contributed by atoms with E-state index in [1.54, 1.807) is 0 Å². The average Bonchev–Trinajstić information content (AvgIpc) is 1.99. The molecule has 1 rings (SSSR count). The first-order chi connectivity index (χ1) is 5.15. The maximum absolute atomic E-state index is 5.78. The van der Waals surface area contributed by atoms with Crippen molar-refractivity contribution in [1.82, 2.24) is 0 Å². The molecule has 0 amide bonds. The molecule has 0 aliphatic carbocycles. The minimum absolute atomic E-state index is 0.893. The van der Waals surface area contributed by atoms with Gasteiger partial charge in [0, 0.05) is 18.4 Å². The molecule has 0 radical (unpaired) electrons. The van der Waals surface area contributed by atoms with Gasteiger partial charge in [-0.2, -0.15) is 0 Å². The fourth-order valence-corrected chi connectivity index (χ4v) is 1.12. The molecule has 1 aromatic carbocycles. The number of nitrogen functional groups attached to an aromatic ring is 1. The van der Waals surface area contributed by atoms with E-state index in [2.05, 4.69) is 5.32 Å². The van der Waals surface area contributed by atoms with Crippen LogP contribution in [0.2, 0.25) is 0 Å². The molecule has 0 aliphatic heterocycles. The van der Waals surface area contributed by atoms with Crippen molar-refractivity contribution in [2.75, 3.05) is 18.1 Å². The molecule has 0 unspecified atom stereocenters. The van der Waals surface area contributed by atoms with Gasteiger partial charge >= 0.3 is 0 Å². The molecular formula is C9H14N2. The van der Waals surface area contributed by atoms with Gasteiger partial charge in [0.2, 0.25) is 0 Å². The lowest BCUT2D eigenvalue weighted by Crippen LogP contribution is -1.96. The summed E-state index contributed by atoms with van der Waals surface area (Å²) in [5.74, 6) is 0. The Kier molecular flexibility index (Phi) is 2.03. The Balaban J connectivity index is 3.21. The van der Waals surface area contributed by atoms with Crippen LogP contribution in [0.1, 0.15) is 11.1 Å². The van der Waals surface area contributed by atoms with Crippen LogP contribution < -0.4 is 11.1 Å². The standard InChI is InChI=1S/C9H14N2/c1-6-4-8(11-3)5-7(2)9(6)10/h4-5,11H,10H2,1-3H3. The highest BCUT2D eigenvalue weighted by atomic mass is 14.8. The first-order valence-electron chi connectivity index (χ1n) is 3.69. The summed E-state index contributed by atoms with van der Waals surface area (Å²) in [6.07, 6.45) is 0. The van der Waals surface area contributed by atoms with Gasteiger partial charge in [0.1, 0.15) is 0 Å². The van der Waals surface area contributed by atoms with Crippen LogP contribution in [-0.4, -0.2) is 7.05 Å². The van der Waals surface area contributed by atoms with E-state index in [1.165, 1.54) is 0 Å². The Morgan fingerprint density at radius 1 is 1.18 bits per heavy atom. The number of nitrogens with one attached hydrogen (secondary N) is 1. The highest BCUT2D eigenvalue weighted by molar-refractivity contribution is 5.61. The van der Waals surface area contributed by atoms with Crippen molar-refractivity contribution in [2.24, 2.45) is 0 Å². The molecule has 0 atom stereocenters. The lowest BCUT2D eigenvalue weighted by atomic mass is 10.1. The van der Waals surface area contributed by atoms with Gasteiger partial charge in [0.15, 0.2) is 0 Å². The van der Waals surface area contributed by atoms with Crippen LogP contribution in [-0.2, 0) is 0 Å². The van der Waals surface area contributed by atoms with Crippen molar-refractivity contribution >= 4 is 11.4 Å². The summed E-state index contributed by atoms with van der Waals surface area (Å²) in [6.45, 7) is 4.03. The second-order valence-electron chi connectivity index (χ2n) is 2.77. The van der Waals surface area contributed by atoms with Gasteiger partial charge in [0.05, 0.1) is 0 Å². The van der Waals surface area contributed by atoms with Gasteiger partial charge in [-0.05, 0) is 37.1 Å². The summed E-state index contributed by atoms with van der Waals surface area (Å²) in [6, 6.07) is 4.09. The predicted molar refractivity (Wildman–Crippen MR) is 49.9 cm³/mol. The third-order valence-electron chi connectivity index (χ3n) is 1.88. The van der Waals surface area contributed by atoms with E-state index < -0.39 is 0 Å². The van der Waals surface area contributed by atoms with Gasteiger partial charge in [-0.1, -0.05) is 0 Å². The molecule has 0 aromatic heterocycles. The summed E-state index contributed by atoms with van der Waals surface area (Å²) < 4.78 is 0. The smallest absolute Gasteiger partial charge is 0.0374 e. The SMILES string of the molecule is CNc1cc(C)c(N)c(C)c1. The summed E-state index contributed by atoms with van der Waals surface area (Å²) >= 11 is 0. The first-order valence-corrected chi connectivity index (χ1v) is 3.69. The molecule has 0 saturated carbocycles. The van der Waals surface area contributed by atoms with Crippen LogP contribution in [0.5, 0.6) is 0 Å². The Labute approximate surface area is 67.4 Å². The molecule has 0 aliphatic rings. The van der Waals surface area contributed by atoms with Gasteiger partial charge in [-0.3, -0.25) is 0 Å². The lowest BCUT2D eigenvalue weighted by Gasteiger charge is -2.07. The molecular weight excluding hydrogens is 136 g/mol. The minimum atomic E-state index is 0.893. The lowest BCUT2D eigenvalue weighted by molar-refractivity contribution is 1.37. The second-order valence-corrected chi connectivity index (χ2v) is 2.77. The number of benzene rings is 1. The first kappa shape index (κ1) is 7.92. The maximum atomic E-state index is 5.78. The van der Waals surface area contributed by atoms with Gasteiger partial charge in [0.25, 0.3) is 0 Å². The average molecular weight is 150 g/mol. The zero-order chi connectivity index (χ0) is 8.43. The van der Waals surface area contributed by atoms with Crippen molar-refractivity contribution in [1.29, 1.82) is 0 Å². The van der Waals surface area contributed by atoms with Crippen molar-refractivity contribution in [3.8, 4) is 0 Å². The van der Waals surface area contributed by atoms with Crippen LogP contribution in [0.25, 0.3) is 0 Å². The zero-order valence-electron chi connectivity index (χ0n) is 7.23. The summed E-state index contributed by atoms with van der Waals surface area (Å²) in [5.41, 5.74) is 10.1. The fourth-order valence-electron chi connectivity index (χ4n) is 1.12. The largest absolute Gasteiger partial charge is 0.398 e. The van der Waals surface area contributed by atoms with Crippen LogP contribution in [0.15, 0.2) is 12.1 Å². The maximum Gasteiger partial charge on any atom is 0.0374 e. The van der Waals surface area contributed by atoms with Crippen LogP contribution in [0, 0.1) is 13.8 Å². The van der Waals surface area contributed by atoms with E-state index >= 15 is 0 Å². The summed E-state index contributed by atoms with van der Waals surface area (Å²) in [5, 5.41) is 3.08. The van der Waals surface area contributed by atoms with Gasteiger partial charge < -0.3 is 11.1 Å². The number of hydrogen-bond acceptors (Lipinski definition) is 2. The number of nitrogens with two attached hydrogens (primary N) is 1. The summed E-state index contributed by atoms with van der Waals surface area (Å²) in [4.78, 5) is 0. The highest BCUT2D eigenvalue weighted by Gasteiger charge is 1.98. The Morgan fingerprint density at radius 3 is 2.00 bits per heavy atom. The highest BCUT2D eigenvalue weighted by Crippen LogP contribution is 2.20. The van der Waals surface area contributed by atoms with Crippen LogP contribution in [0.3, 0.4) is 0 Å². The van der Waals surface area contributed by atoms with E-state index in [9.17, 15) is 0 Å². The van der Waals surface area contributed by atoms with Crippen molar-refractivity contribution in [2.45, 2.75) is 13.8 Å². The minimum Gasteiger partial charge on any atom is -0.398 e. The molecule has 3 N–H and O–H groups in total. The Morgan fingerprint density at radius 2 is 1.64 bits per heavy atom. The molecule has 0 heterocycles. The molecule has 2 heteroatoms. The topological polar surface area (TPSA) is 38.0 Å². The molecule has 0 saturated heterocycles. The zero-order valence-corrected chi connectivity index (χ0v) is 7.23. The van der Waals surface area contributed by atoms with Crippen molar-refractivity contribution in [3.05, 3.63) is 23.3 Å². The normalized spacial score (nSPS) is 9.73. The third kappa shape index (κ3) is 1.45. The molecule has 0 bridgehead atoms. The van der Waals surface area contributed by atoms with Gasteiger partial charge in [-0.15, -0.1) is 0 Å². The number of rotatable bonds is 1. The molecule has 60 valence electrons. The van der Waals surface area contributed by atoms with E-state index in [0.29, 0.717) is 0 Å². The number of aryl methyl sites for hydroxylation is 2. The summed E-state index contributed by atoms with van der Waals surface area (Å²) in [7, 11) is 1.91. The van der Waals surface area contributed by atoms with Crippen molar-refractivity contribution in [3.63, 3.8) is 0 Å².